The standard InChI is InChI=1S/C44H27NO/c1-2-12-28(13-3-1)45-39-22-8-6-17-38(39)43-35-19-10-18-31(32(35)24-26-40(43)45)29-14-4-5-15-30(29)33-25-27-42-44-36(33)20-11-21-37(44)34-16-7-9-23-41(34)46-42/h1-27H. The fourth-order valence-corrected chi connectivity index (χ4v) is 7.68. The van der Waals surface area contributed by atoms with Crippen LogP contribution in [0.15, 0.2) is 164 Å². The Balaban J connectivity index is 1.23. The summed E-state index contributed by atoms with van der Waals surface area (Å²) in [6, 6.07) is 58.9. The van der Waals surface area contributed by atoms with Crippen LogP contribution in [-0.4, -0.2) is 4.57 Å². The van der Waals surface area contributed by atoms with E-state index in [0.29, 0.717) is 0 Å². The molecular formula is C44H27NO. The lowest BCUT2D eigenvalue weighted by molar-refractivity contribution is 0.487. The minimum absolute atomic E-state index is 0.909. The van der Waals surface area contributed by atoms with Gasteiger partial charge in [-0.1, -0.05) is 127 Å². The molecule has 8 aromatic carbocycles. The topological polar surface area (TPSA) is 14.2 Å². The Hall–Kier alpha value is -6.12. The Labute approximate surface area is 266 Å². The van der Waals surface area contributed by atoms with Crippen molar-refractivity contribution in [1.29, 1.82) is 0 Å². The van der Waals surface area contributed by atoms with Gasteiger partial charge in [0.05, 0.1) is 11.0 Å². The summed E-state index contributed by atoms with van der Waals surface area (Å²) < 4.78 is 8.81. The summed E-state index contributed by atoms with van der Waals surface area (Å²) in [6.07, 6.45) is 0. The first-order chi connectivity index (χ1) is 22.8. The van der Waals surface area contributed by atoms with Crippen LogP contribution >= 0.6 is 0 Å². The van der Waals surface area contributed by atoms with E-state index in [4.69, 9.17) is 4.74 Å². The molecule has 2 heteroatoms. The van der Waals surface area contributed by atoms with Crippen LogP contribution in [0.25, 0.3) is 82.4 Å². The molecule has 0 aliphatic carbocycles. The third kappa shape index (κ3) is 3.53. The highest BCUT2D eigenvalue weighted by Gasteiger charge is 2.23. The molecule has 0 fully saturated rings. The number of rotatable bonds is 3. The van der Waals surface area contributed by atoms with Gasteiger partial charge in [0.25, 0.3) is 0 Å². The van der Waals surface area contributed by atoms with E-state index in [-0.39, 0.29) is 0 Å². The van der Waals surface area contributed by atoms with Gasteiger partial charge in [-0.05, 0) is 80.4 Å². The average molecular weight is 586 g/mol. The molecule has 1 aromatic heterocycles. The molecule has 2 nitrogen and oxygen atoms in total. The maximum atomic E-state index is 6.42. The van der Waals surface area contributed by atoms with Gasteiger partial charge in [0.15, 0.2) is 0 Å². The van der Waals surface area contributed by atoms with Crippen LogP contribution in [0.3, 0.4) is 0 Å². The molecule has 0 radical (unpaired) electrons. The maximum absolute atomic E-state index is 6.42. The van der Waals surface area contributed by atoms with Crippen molar-refractivity contribution in [2.45, 2.75) is 0 Å². The first-order valence-electron chi connectivity index (χ1n) is 15.8. The van der Waals surface area contributed by atoms with Crippen molar-refractivity contribution >= 4 is 43.4 Å². The van der Waals surface area contributed by atoms with Crippen molar-refractivity contribution in [2.24, 2.45) is 0 Å². The van der Waals surface area contributed by atoms with E-state index >= 15 is 0 Å². The third-order valence-electron chi connectivity index (χ3n) is 9.62. The van der Waals surface area contributed by atoms with Crippen LogP contribution in [0.4, 0.5) is 0 Å². The molecule has 0 amide bonds. The predicted octanol–water partition coefficient (Wildman–Crippen LogP) is 12.2. The minimum atomic E-state index is 0.909. The Morgan fingerprint density at radius 3 is 1.78 bits per heavy atom. The van der Waals surface area contributed by atoms with Gasteiger partial charge in [-0.25, -0.2) is 0 Å². The second-order valence-electron chi connectivity index (χ2n) is 12.0. The van der Waals surface area contributed by atoms with Gasteiger partial charge in [0.1, 0.15) is 11.5 Å². The first kappa shape index (κ1) is 25.2. The lowest BCUT2D eigenvalue weighted by Crippen LogP contribution is -1.98. The van der Waals surface area contributed by atoms with Crippen LogP contribution < -0.4 is 4.74 Å². The molecule has 1 aliphatic rings. The number of ether oxygens (including phenoxy) is 1. The number of benzene rings is 8. The monoisotopic (exact) mass is 585 g/mol. The molecule has 0 saturated heterocycles. The largest absolute Gasteiger partial charge is 0.456 e. The zero-order valence-corrected chi connectivity index (χ0v) is 24.9. The molecule has 0 unspecified atom stereocenters. The first-order valence-corrected chi connectivity index (χ1v) is 15.8. The van der Waals surface area contributed by atoms with E-state index in [9.17, 15) is 0 Å². The molecule has 1 aliphatic heterocycles. The highest BCUT2D eigenvalue weighted by molar-refractivity contribution is 6.23. The summed E-state index contributed by atoms with van der Waals surface area (Å²) in [6.45, 7) is 0. The highest BCUT2D eigenvalue weighted by Crippen LogP contribution is 2.50. The van der Waals surface area contributed by atoms with E-state index in [2.05, 4.69) is 162 Å². The summed E-state index contributed by atoms with van der Waals surface area (Å²) in [5.41, 5.74) is 10.8. The van der Waals surface area contributed by atoms with Gasteiger partial charge in [-0.2, -0.15) is 0 Å². The van der Waals surface area contributed by atoms with Gasteiger partial charge in [-0.3, -0.25) is 0 Å². The van der Waals surface area contributed by atoms with Gasteiger partial charge in [-0.15, -0.1) is 0 Å². The van der Waals surface area contributed by atoms with Crippen molar-refractivity contribution in [1.82, 2.24) is 4.57 Å². The Kier molecular flexibility index (Phi) is 5.31. The lowest BCUT2D eigenvalue weighted by atomic mass is 9.86. The Morgan fingerprint density at radius 1 is 0.304 bits per heavy atom. The number of nitrogens with zero attached hydrogens (tertiary/aromatic N) is 1. The smallest absolute Gasteiger partial charge is 0.135 e. The van der Waals surface area contributed by atoms with E-state index in [0.717, 1.165) is 17.1 Å². The minimum Gasteiger partial charge on any atom is -0.456 e. The van der Waals surface area contributed by atoms with Crippen molar-refractivity contribution < 1.29 is 4.74 Å². The summed E-state index contributed by atoms with van der Waals surface area (Å²) in [7, 11) is 0. The van der Waals surface area contributed by atoms with Gasteiger partial charge in [0.2, 0.25) is 0 Å². The fourth-order valence-electron chi connectivity index (χ4n) is 7.68. The maximum Gasteiger partial charge on any atom is 0.135 e. The van der Waals surface area contributed by atoms with Crippen molar-refractivity contribution in [3.05, 3.63) is 164 Å². The van der Waals surface area contributed by atoms with Gasteiger partial charge >= 0.3 is 0 Å². The lowest BCUT2D eigenvalue weighted by Gasteiger charge is -2.23. The van der Waals surface area contributed by atoms with Crippen LogP contribution in [0.5, 0.6) is 11.5 Å². The summed E-state index contributed by atoms with van der Waals surface area (Å²) in [4.78, 5) is 0. The van der Waals surface area contributed by atoms with Crippen LogP contribution in [0, 0.1) is 0 Å². The molecule has 9 aromatic rings. The van der Waals surface area contributed by atoms with Crippen LogP contribution in [-0.2, 0) is 0 Å². The number of hydrogen-bond donors (Lipinski definition) is 0. The molecule has 214 valence electrons. The van der Waals surface area contributed by atoms with Gasteiger partial charge in [0, 0.05) is 27.4 Å². The summed E-state index contributed by atoms with van der Waals surface area (Å²) in [5.74, 6) is 1.82. The van der Waals surface area contributed by atoms with Crippen molar-refractivity contribution in [3.8, 4) is 50.6 Å². The second-order valence-corrected chi connectivity index (χ2v) is 12.0. The molecule has 0 atom stereocenters. The Morgan fingerprint density at radius 2 is 0.935 bits per heavy atom. The molecule has 0 bridgehead atoms. The van der Waals surface area contributed by atoms with E-state index < -0.39 is 0 Å². The van der Waals surface area contributed by atoms with Crippen molar-refractivity contribution in [2.75, 3.05) is 0 Å². The molecule has 10 rings (SSSR count). The van der Waals surface area contributed by atoms with Crippen LogP contribution in [0.1, 0.15) is 0 Å². The Bertz CT molecular complexity index is 2660. The second kappa shape index (κ2) is 9.69. The quantitative estimate of drug-likeness (QED) is 0.201. The predicted molar refractivity (Wildman–Crippen MR) is 192 cm³/mol. The number of para-hydroxylation sites is 3. The zero-order valence-electron chi connectivity index (χ0n) is 24.9. The summed E-state index contributed by atoms with van der Waals surface area (Å²) >= 11 is 0. The highest BCUT2D eigenvalue weighted by atomic mass is 16.5. The number of fused-ring (bicyclic) bond motifs is 7. The van der Waals surface area contributed by atoms with Crippen LogP contribution in [0.2, 0.25) is 0 Å². The molecular weight excluding hydrogens is 558 g/mol. The van der Waals surface area contributed by atoms with E-state index in [1.807, 2.05) is 6.07 Å². The summed E-state index contributed by atoms with van der Waals surface area (Å²) in [5, 5.41) is 7.43. The SMILES string of the molecule is c1ccc(-n2c3ccccc3c3c4cccc(-c5ccccc5-c5ccc6c7c(cccc57)-c5ccccc5O6)c4ccc32)cc1. The molecule has 46 heavy (non-hydrogen) atoms. The zero-order chi connectivity index (χ0) is 30.2. The number of aromatic nitrogens is 1. The third-order valence-corrected chi connectivity index (χ3v) is 9.62. The molecule has 0 saturated carbocycles. The molecule has 0 N–H and O–H groups in total. The molecule has 2 heterocycles. The molecule has 0 spiro atoms. The van der Waals surface area contributed by atoms with Gasteiger partial charge < -0.3 is 9.30 Å². The average Bonchev–Trinajstić information content (AvgIpc) is 3.47. The van der Waals surface area contributed by atoms with Crippen molar-refractivity contribution in [3.63, 3.8) is 0 Å². The van der Waals surface area contributed by atoms with E-state index in [1.54, 1.807) is 0 Å². The normalized spacial score (nSPS) is 12.1. The van der Waals surface area contributed by atoms with E-state index in [1.165, 1.54) is 76.9 Å². The fraction of sp³-hybridized carbons (Fsp3) is 0. The number of hydrogen-bond acceptors (Lipinski definition) is 1.